The van der Waals surface area contributed by atoms with Crippen LogP contribution in [0.4, 0.5) is 5.69 Å². The van der Waals surface area contributed by atoms with Gasteiger partial charge >= 0.3 is 0 Å². The van der Waals surface area contributed by atoms with Gasteiger partial charge in [-0.1, -0.05) is 0 Å². The molecule has 0 bridgehead atoms. The first-order valence-electron chi connectivity index (χ1n) is 6.00. The molecule has 1 aromatic rings. The van der Waals surface area contributed by atoms with E-state index in [2.05, 4.69) is 33.2 Å². The van der Waals surface area contributed by atoms with Crippen molar-refractivity contribution in [1.29, 1.82) is 0 Å². The van der Waals surface area contributed by atoms with Crippen molar-refractivity contribution in [3.8, 4) is 0 Å². The monoisotopic (exact) mass is 380 g/mol. The third-order valence-corrected chi connectivity index (χ3v) is 3.78. The molecule has 1 aromatic carbocycles. The van der Waals surface area contributed by atoms with Crippen LogP contribution in [-0.2, 0) is 4.79 Å². The quantitative estimate of drug-likeness (QED) is 0.792. The van der Waals surface area contributed by atoms with E-state index in [1.54, 1.807) is 0 Å². The summed E-state index contributed by atoms with van der Waals surface area (Å²) in [7, 11) is 0. The molecule has 0 aliphatic carbocycles. The van der Waals surface area contributed by atoms with Crippen LogP contribution in [0.2, 0.25) is 0 Å². The Hall–Kier alpha value is -0.330. The van der Waals surface area contributed by atoms with E-state index >= 15 is 0 Å². The standard InChI is InChI=1S/C13H17IN2O.ClH/c14-11-1-3-12(4-2-11)16-13(17)9-10-5-7-15-8-6-10;/h1-4,10,15H,5-9H2,(H,16,17);1H. The summed E-state index contributed by atoms with van der Waals surface area (Å²) in [5.74, 6) is 0.679. The Morgan fingerprint density at radius 1 is 1.28 bits per heavy atom. The van der Waals surface area contributed by atoms with Gasteiger partial charge < -0.3 is 10.6 Å². The number of rotatable bonds is 3. The second-order valence-electron chi connectivity index (χ2n) is 4.45. The van der Waals surface area contributed by atoms with Crippen LogP contribution in [0.3, 0.4) is 0 Å². The van der Waals surface area contributed by atoms with Crippen LogP contribution in [0.5, 0.6) is 0 Å². The Kier molecular flexibility index (Phi) is 6.96. The van der Waals surface area contributed by atoms with Crippen LogP contribution in [0, 0.1) is 9.49 Å². The van der Waals surface area contributed by atoms with Crippen LogP contribution in [0.1, 0.15) is 19.3 Å². The molecule has 18 heavy (non-hydrogen) atoms. The number of nitrogens with one attached hydrogen (secondary N) is 2. The van der Waals surface area contributed by atoms with Gasteiger partial charge in [0.25, 0.3) is 0 Å². The normalized spacial score (nSPS) is 15.8. The summed E-state index contributed by atoms with van der Waals surface area (Å²) in [6, 6.07) is 7.89. The molecule has 100 valence electrons. The molecule has 5 heteroatoms. The van der Waals surface area contributed by atoms with Crippen LogP contribution in [0.15, 0.2) is 24.3 Å². The number of piperidine rings is 1. The number of carbonyl (C=O) groups is 1. The SMILES string of the molecule is Cl.O=C(CC1CCNCC1)Nc1ccc(I)cc1. The number of benzene rings is 1. The van der Waals surface area contributed by atoms with Crippen molar-refractivity contribution in [2.45, 2.75) is 19.3 Å². The first kappa shape index (κ1) is 15.7. The summed E-state index contributed by atoms with van der Waals surface area (Å²) in [6.07, 6.45) is 2.87. The molecule has 1 amide bonds. The van der Waals surface area contributed by atoms with E-state index in [0.717, 1.165) is 31.6 Å². The Balaban J connectivity index is 0.00000162. The molecule has 1 fully saturated rings. The number of amides is 1. The predicted octanol–water partition coefficient (Wildman–Crippen LogP) is 3.04. The third kappa shape index (κ3) is 5.12. The molecule has 0 aromatic heterocycles. The second kappa shape index (κ2) is 7.96. The topological polar surface area (TPSA) is 41.1 Å². The van der Waals surface area contributed by atoms with Gasteiger partial charge in [-0.3, -0.25) is 4.79 Å². The van der Waals surface area contributed by atoms with Gasteiger partial charge in [0, 0.05) is 15.7 Å². The lowest BCUT2D eigenvalue weighted by molar-refractivity contribution is -0.117. The lowest BCUT2D eigenvalue weighted by Gasteiger charge is -2.21. The summed E-state index contributed by atoms with van der Waals surface area (Å²) < 4.78 is 1.18. The van der Waals surface area contributed by atoms with Crippen LogP contribution in [-0.4, -0.2) is 19.0 Å². The average molecular weight is 381 g/mol. The summed E-state index contributed by atoms with van der Waals surface area (Å²) in [5.41, 5.74) is 0.893. The molecule has 2 N–H and O–H groups in total. The number of anilines is 1. The highest BCUT2D eigenvalue weighted by Gasteiger charge is 2.16. The van der Waals surface area contributed by atoms with Crippen molar-refractivity contribution >= 4 is 46.6 Å². The first-order chi connectivity index (χ1) is 8.24. The fraction of sp³-hybridized carbons (Fsp3) is 0.462. The molecule has 0 saturated carbocycles. The van der Waals surface area contributed by atoms with Crippen LogP contribution < -0.4 is 10.6 Å². The van der Waals surface area contributed by atoms with Crippen molar-refractivity contribution < 1.29 is 4.79 Å². The van der Waals surface area contributed by atoms with E-state index in [9.17, 15) is 4.79 Å². The molecule has 0 radical (unpaired) electrons. The highest BCUT2D eigenvalue weighted by molar-refractivity contribution is 14.1. The minimum atomic E-state index is 0. The lowest BCUT2D eigenvalue weighted by atomic mass is 9.94. The molecular formula is C13H18ClIN2O. The Morgan fingerprint density at radius 3 is 2.50 bits per heavy atom. The fourth-order valence-electron chi connectivity index (χ4n) is 2.09. The molecule has 0 unspecified atom stereocenters. The minimum Gasteiger partial charge on any atom is -0.326 e. The van der Waals surface area contributed by atoms with E-state index in [-0.39, 0.29) is 18.3 Å². The Morgan fingerprint density at radius 2 is 1.89 bits per heavy atom. The van der Waals surface area contributed by atoms with Gasteiger partial charge in [-0.25, -0.2) is 0 Å². The maximum absolute atomic E-state index is 11.8. The average Bonchev–Trinajstić information content (AvgIpc) is 2.33. The van der Waals surface area contributed by atoms with Gasteiger partial charge in [0.05, 0.1) is 0 Å². The van der Waals surface area contributed by atoms with Crippen molar-refractivity contribution in [2.24, 2.45) is 5.92 Å². The summed E-state index contributed by atoms with van der Waals surface area (Å²) in [4.78, 5) is 11.8. The summed E-state index contributed by atoms with van der Waals surface area (Å²) >= 11 is 2.25. The van der Waals surface area contributed by atoms with E-state index < -0.39 is 0 Å². The third-order valence-electron chi connectivity index (χ3n) is 3.06. The lowest BCUT2D eigenvalue weighted by Crippen LogP contribution is -2.30. The molecule has 1 saturated heterocycles. The number of halogens is 2. The zero-order valence-corrected chi connectivity index (χ0v) is 13.1. The zero-order valence-electron chi connectivity index (χ0n) is 10.1. The highest BCUT2D eigenvalue weighted by Crippen LogP contribution is 2.17. The van der Waals surface area contributed by atoms with E-state index in [1.165, 1.54) is 3.57 Å². The van der Waals surface area contributed by atoms with Crippen molar-refractivity contribution in [3.05, 3.63) is 27.8 Å². The molecular weight excluding hydrogens is 363 g/mol. The number of hydrogen-bond acceptors (Lipinski definition) is 2. The largest absolute Gasteiger partial charge is 0.326 e. The maximum Gasteiger partial charge on any atom is 0.224 e. The van der Waals surface area contributed by atoms with Crippen LogP contribution in [0.25, 0.3) is 0 Å². The second-order valence-corrected chi connectivity index (χ2v) is 5.70. The molecule has 2 rings (SSSR count). The van der Waals surface area contributed by atoms with Gasteiger partial charge in [0.15, 0.2) is 0 Å². The van der Waals surface area contributed by atoms with Crippen molar-refractivity contribution in [3.63, 3.8) is 0 Å². The van der Waals surface area contributed by atoms with Crippen molar-refractivity contribution in [1.82, 2.24) is 5.32 Å². The minimum absolute atomic E-state index is 0. The molecule has 1 aliphatic heterocycles. The summed E-state index contributed by atoms with van der Waals surface area (Å²) in [6.45, 7) is 2.09. The van der Waals surface area contributed by atoms with Crippen molar-refractivity contribution in [2.75, 3.05) is 18.4 Å². The predicted molar refractivity (Wildman–Crippen MR) is 85.2 cm³/mol. The smallest absolute Gasteiger partial charge is 0.224 e. The fourth-order valence-corrected chi connectivity index (χ4v) is 2.45. The van der Waals surface area contributed by atoms with Crippen LogP contribution >= 0.6 is 35.0 Å². The maximum atomic E-state index is 11.8. The Labute approximate surface area is 128 Å². The van der Waals surface area contributed by atoms with Gasteiger partial charge in [0.2, 0.25) is 5.91 Å². The van der Waals surface area contributed by atoms with E-state index in [1.807, 2.05) is 24.3 Å². The van der Waals surface area contributed by atoms with Gasteiger partial charge in [-0.2, -0.15) is 0 Å². The van der Waals surface area contributed by atoms with E-state index in [0.29, 0.717) is 12.3 Å². The summed E-state index contributed by atoms with van der Waals surface area (Å²) in [5, 5.41) is 6.27. The van der Waals surface area contributed by atoms with Gasteiger partial charge in [-0.05, 0) is 78.7 Å². The number of hydrogen-bond donors (Lipinski definition) is 2. The molecule has 0 spiro atoms. The molecule has 0 atom stereocenters. The van der Waals surface area contributed by atoms with Gasteiger partial charge in [-0.15, -0.1) is 12.4 Å². The first-order valence-corrected chi connectivity index (χ1v) is 7.08. The molecule has 1 aliphatic rings. The van der Waals surface area contributed by atoms with Gasteiger partial charge in [0.1, 0.15) is 0 Å². The number of carbonyl (C=O) groups excluding carboxylic acids is 1. The molecule has 1 heterocycles. The zero-order chi connectivity index (χ0) is 12.1. The highest BCUT2D eigenvalue weighted by atomic mass is 127. The molecule has 3 nitrogen and oxygen atoms in total. The Bertz CT molecular complexity index is 377. The van der Waals surface area contributed by atoms with E-state index in [4.69, 9.17) is 0 Å².